The molecule has 1 fully saturated rings. The Labute approximate surface area is 72.5 Å². The highest BCUT2D eigenvalue weighted by atomic mass is 16.7. The third-order valence-corrected chi connectivity index (χ3v) is 1.89. The number of aliphatic hydroxyl groups is 7. The molecule has 0 atom stereocenters. The molecule has 7 N–H and O–H groups in total. The zero-order chi connectivity index (χ0) is 10.5. The molecule has 0 bridgehead atoms. The number of hydrogen-bond acceptors (Lipinski definition) is 8. The van der Waals surface area contributed by atoms with Crippen molar-refractivity contribution >= 4 is 0 Å². The minimum atomic E-state index is -3.32. The maximum Gasteiger partial charge on any atom is 0.346 e. The van der Waals surface area contributed by atoms with Crippen LogP contribution in [0.5, 0.6) is 0 Å². The van der Waals surface area contributed by atoms with E-state index in [0.29, 0.717) is 0 Å². The highest BCUT2D eigenvalue weighted by Crippen LogP contribution is 2.29. The Hall–Kier alpha value is -0.320. The van der Waals surface area contributed by atoms with Gasteiger partial charge in [-0.15, -0.1) is 0 Å². The summed E-state index contributed by atoms with van der Waals surface area (Å²) in [5, 5.41) is 61.5. The van der Waals surface area contributed by atoms with Crippen LogP contribution in [0.2, 0.25) is 0 Å². The number of hydrogen-bond donors (Lipinski definition) is 7. The van der Waals surface area contributed by atoms with Crippen molar-refractivity contribution in [3.8, 4) is 0 Å². The summed E-state index contributed by atoms with van der Waals surface area (Å²) in [7, 11) is 0. The lowest BCUT2D eigenvalue weighted by Gasteiger charge is -2.25. The Morgan fingerprint density at radius 3 is 1.31 bits per heavy atom. The maximum absolute atomic E-state index is 8.94. The Morgan fingerprint density at radius 2 is 1.15 bits per heavy atom. The standard InChI is InChI=1S/C5H11NO7/c7-3(8)1-6(5(11,12)13)2-4(3,9)10/h7-13H,1-2H2. The molecule has 0 aromatic carbocycles. The number of β-amino-alcohol motifs (C(OH)–C–C–N with tert-alkyl or cyclic N) is 4. The second-order valence-corrected chi connectivity index (χ2v) is 3.09. The van der Waals surface area contributed by atoms with Crippen molar-refractivity contribution in [3.63, 3.8) is 0 Å². The van der Waals surface area contributed by atoms with Gasteiger partial charge in [0, 0.05) is 0 Å². The molecule has 0 spiro atoms. The van der Waals surface area contributed by atoms with E-state index in [1.165, 1.54) is 0 Å². The predicted molar refractivity (Wildman–Crippen MR) is 35.3 cm³/mol. The minimum Gasteiger partial charge on any atom is -0.360 e. The molecule has 8 heteroatoms. The van der Waals surface area contributed by atoms with Gasteiger partial charge in [0.15, 0.2) is 0 Å². The second-order valence-electron chi connectivity index (χ2n) is 3.09. The molecule has 1 heterocycles. The van der Waals surface area contributed by atoms with E-state index in [0.717, 1.165) is 0 Å². The van der Waals surface area contributed by atoms with Crippen molar-refractivity contribution in [3.05, 3.63) is 0 Å². The smallest absolute Gasteiger partial charge is 0.346 e. The van der Waals surface area contributed by atoms with Crippen LogP contribution in [-0.4, -0.2) is 71.4 Å². The van der Waals surface area contributed by atoms with E-state index in [1.807, 2.05) is 0 Å². The molecule has 0 aromatic heterocycles. The molecule has 0 aromatic rings. The van der Waals surface area contributed by atoms with Gasteiger partial charge in [-0.2, -0.15) is 0 Å². The Kier molecular flexibility index (Phi) is 2.14. The van der Waals surface area contributed by atoms with E-state index in [9.17, 15) is 0 Å². The highest BCUT2D eigenvalue weighted by Gasteiger charge is 2.59. The molecule has 0 unspecified atom stereocenters. The SMILES string of the molecule is OC(O)(O)N1CC(O)(O)C(O)(O)C1. The van der Waals surface area contributed by atoms with Gasteiger partial charge in [-0.3, -0.25) is 0 Å². The van der Waals surface area contributed by atoms with Gasteiger partial charge >= 0.3 is 6.10 Å². The van der Waals surface area contributed by atoms with Crippen LogP contribution < -0.4 is 0 Å². The number of nitrogens with zero attached hydrogens (tertiary/aromatic N) is 1. The fraction of sp³-hybridized carbons (Fsp3) is 1.00. The summed E-state index contributed by atoms with van der Waals surface area (Å²) in [4.78, 5) is 0.271. The van der Waals surface area contributed by atoms with Crippen molar-refractivity contribution in [2.75, 3.05) is 13.1 Å². The lowest BCUT2D eigenvalue weighted by molar-refractivity contribution is -0.393. The normalized spacial score (nSPS) is 27.9. The maximum atomic E-state index is 8.94. The van der Waals surface area contributed by atoms with Crippen molar-refractivity contribution in [1.82, 2.24) is 4.90 Å². The minimum absolute atomic E-state index is 0.271. The molecule has 0 aliphatic carbocycles. The van der Waals surface area contributed by atoms with Crippen LogP contribution in [0.15, 0.2) is 0 Å². The van der Waals surface area contributed by atoms with Gasteiger partial charge in [-0.1, -0.05) is 0 Å². The Morgan fingerprint density at radius 1 is 0.846 bits per heavy atom. The quantitative estimate of drug-likeness (QED) is 0.207. The summed E-state index contributed by atoms with van der Waals surface area (Å²) in [6.45, 7) is -1.83. The first-order chi connectivity index (χ1) is 5.56. The van der Waals surface area contributed by atoms with E-state index >= 15 is 0 Å². The van der Waals surface area contributed by atoms with Crippen molar-refractivity contribution < 1.29 is 35.7 Å². The van der Waals surface area contributed by atoms with Gasteiger partial charge in [-0.05, 0) is 0 Å². The van der Waals surface area contributed by atoms with Gasteiger partial charge in [0.05, 0.1) is 13.1 Å². The molecular formula is C5H11NO7. The predicted octanol–water partition coefficient (Wildman–Crippen LogP) is -4.75. The average Bonchev–Trinajstić information content (AvgIpc) is 2.00. The molecular weight excluding hydrogens is 186 g/mol. The third kappa shape index (κ3) is 1.80. The average molecular weight is 197 g/mol. The fourth-order valence-electron chi connectivity index (χ4n) is 1.05. The number of rotatable bonds is 1. The molecule has 0 radical (unpaired) electrons. The first-order valence-corrected chi connectivity index (χ1v) is 3.38. The summed E-state index contributed by atoms with van der Waals surface area (Å²) in [6, 6.07) is 0. The lowest BCUT2D eigenvalue weighted by Crippen LogP contribution is -2.53. The molecule has 1 aliphatic rings. The molecule has 0 amide bonds. The third-order valence-electron chi connectivity index (χ3n) is 1.89. The van der Waals surface area contributed by atoms with Crippen LogP contribution in [-0.2, 0) is 0 Å². The molecule has 1 aliphatic heterocycles. The van der Waals surface area contributed by atoms with Gasteiger partial charge < -0.3 is 35.7 Å². The van der Waals surface area contributed by atoms with E-state index in [1.54, 1.807) is 0 Å². The lowest BCUT2D eigenvalue weighted by atomic mass is 10.1. The summed E-state index contributed by atoms with van der Waals surface area (Å²) in [5.74, 6) is -5.85. The summed E-state index contributed by atoms with van der Waals surface area (Å²) < 4.78 is 0. The van der Waals surface area contributed by atoms with Crippen molar-refractivity contribution in [1.29, 1.82) is 0 Å². The second kappa shape index (κ2) is 2.59. The van der Waals surface area contributed by atoms with Gasteiger partial charge in [0.2, 0.25) is 11.6 Å². The van der Waals surface area contributed by atoms with E-state index in [-0.39, 0.29) is 4.90 Å². The van der Waals surface area contributed by atoms with Crippen LogP contribution in [0.3, 0.4) is 0 Å². The van der Waals surface area contributed by atoms with Gasteiger partial charge in [-0.25, -0.2) is 4.90 Å². The van der Waals surface area contributed by atoms with Crippen molar-refractivity contribution in [2.45, 2.75) is 17.7 Å². The van der Waals surface area contributed by atoms with Crippen LogP contribution >= 0.6 is 0 Å². The highest BCUT2D eigenvalue weighted by molar-refractivity contribution is 4.95. The van der Waals surface area contributed by atoms with Crippen LogP contribution in [0.1, 0.15) is 0 Å². The molecule has 0 saturated carbocycles. The van der Waals surface area contributed by atoms with Crippen molar-refractivity contribution in [2.24, 2.45) is 0 Å². The fourth-order valence-corrected chi connectivity index (χ4v) is 1.05. The largest absolute Gasteiger partial charge is 0.360 e. The van der Waals surface area contributed by atoms with Gasteiger partial charge in [0.25, 0.3) is 0 Å². The first kappa shape index (κ1) is 10.8. The Balaban J connectivity index is 2.83. The zero-order valence-electron chi connectivity index (χ0n) is 6.49. The number of likely N-dealkylation sites (tertiary alicyclic amines) is 1. The van der Waals surface area contributed by atoms with Crippen LogP contribution in [0, 0.1) is 0 Å². The molecule has 1 saturated heterocycles. The topological polar surface area (TPSA) is 145 Å². The van der Waals surface area contributed by atoms with Crippen LogP contribution in [0.4, 0.5) is 0 Å². The monoisotopic (exact) mass is 197 g/mol. The molecule has 8 nitrogen and oxygen atoms in total. The van der Waals surface area contributed by atoms with E-state index in [4.69, 9.17) is 35.7 Å². The summed E-state index contributed by atoms with van der Waals surface area (Å²) >= 11 is 0. The Bertz CT molecular complexity index is 191. The first-order valence-electron chi connectivity index (χ1n) is 3.38. The molecule has 13 heavy (non-hydrogen) atoms. The molecule has 78 valence electrons. The van der Waals surface area contributed by atoms with E-state index in [2.05, 4.69) is 0 Å². The molecule has 1 rings (SSSR count). The zero-order valence-corrected chi connectivity index (χ0v) is 6.49. The summed E-state index contributed by atoms with van der Waals surface area (Å²) in [6.07, 6.45) is -3.32. The van der Waals surface area contributed by atoms with Crippen LogP contribution in [0.25, 0.3) is 0 Å². The summed E-state index contributed by atoms with van der Waals surface area (Å²) in [5.41, 5.74) is 0. The van der Waals surface area contributed by atoms with Gasteiger partial charge in [0.1, 0.15) is 0 Å². The van der Waals surface area contributed by atoms with E-state index < -0.39 is 30.8 Å².